The summed E-state index contributed by atoms with van der Waals surface area (Å²) in [4.78, 5) is 17.2. The van der Waals surface area contributed by atoms with Gasteiger partial charge in [0, 0.05) is 7.05 Å². The molecule has 0 bridgehead atoms. The zero-order valence-corrected chi connectivity index (χ0v) is 5.51. The van der Waals surface area contributed by atoms with Crippen LogP contribution in [0, 0.1) is 0 Å². The molecule has 3 N–H and O–H groups in total. The molecule has 0 atom stereocenters. The van der Waals surface area contributed by atoms with Gasteiger partial charge in [-0.1, -0.05) is 0 Å². The van der Waals surface area contributed by atoms with E-state index in [0.29, 0.717) is 5.69 Å². The van der Waals surface area contributed by atoms with Crippen molar-refractivity contribution < 1.29 is 4.79 Å². The summed E-state index contributed by atoms with van der Waals surface area (Å²) in [5.74, 6) is -0.222. The first kappa shape index (κ1) is 6.76. The van der Waals surface area contributed by atoms with E-state index < -0.39 is 0 Å². The van der Waals surface area contributed by atoms with Gasteiger partial charge in [-0.3, -0.25) is 10.2 Å². The average molecular weight is 140 g/mol. The molecule has 0 saturated carbocycles. The number of aromatic amines is 1. The van der Waals surface area contributed by atoms with Crippen LogP contribution >= 0.6 is 0 Å². The van der Waals surface area contributed by atoms with Crippen molar-refractivity contribution >= 4 is 5.91 Å². The van der Waals surface area contributed by atoms with Crippen LogP contribution in [-0.4, -0.2) is 22.9 Å². The summed E-state index contributed by atoms with van der Waals surface area (Å²) in [5.41, 5.74) is 5.34. The first-order valence-corrected chi connectivity index (χ1v) is 2.80. The molecule has 1 amide bonds. The van der Waals surface area contributed by atoms with Crippen LogP contribution in [0.3, 0.4) is 0 Å². The summed E-state index contributed by atoms with van der Waals surface area (Å²) < 4.78 is 0. The minimum absolute atomic E-state index is 0.222. The van der Waals surface area contributed by atoms with Crippen molar-refractivity contribution in [2.45, 2.75) is 0 Å². The van der Waals surface area contributed by atoms with Gasteiger partial charge >= 0.3 is 0 Å². The van der Waals surface area contributed by atoms with Crippen molar-refractivity contribution in [3.63, 3.8) is 0 Å². The molecule has 1 aromatic heterocycles. The maximum absolute atomic E-state index is 10.9. The summed E-state index contributed by atoms with van der Waals surface area (Å²) in [6.07, 6.45) is 2.90. The molecule has 1 heterocycles. The summed E-state index contributed by atoms with van der Waals surface area (Å²) in [5, 5.41) is 0. The largest absolute Gasteiger partial charge is 0.341 e. The van der Waals surface area contributed by atoms with Crippen LogP contribution in [0.4, 0.5) is 0 Å². The van der Waals surface area contributed by atoms with Crippen molar-refractivity contribution in [3.8, 4) is 0 Å². The van der Waals surface area contributed by atoms with E-state index >= 15 is 0 Å². The first-order chi connectivity index (χ1) is 4.84. The predicted octanol–water partition coefficient (Wildman–Crippen LogP) is -0.726. The Morgan fingerprint density at radius 1 is 1.80 bits per heavy atom. The predicted molar refractivity (Wildman–Crippen MR) is 35.1 cm³/mol. The fourth-order valence-electron chi connectivity index (χ4n) is 0.561. The number of nitrogens with one attached hydrogen (secondary N) is 3. The van der Waals surface area contributed by atoms with Gasteiger partial charge in [-0.05, 0) is 0 Å². The maximum Gasteiger partial charge on any atom is 0.283 e. The van der Waals surface area contributed by atoms with Gasteiger partial charge < -0.3 is 4.98 Å². The van der Waals surface area contributed by atoms with Crippen molar-refractivity contribution in [2.75, 3.05) is 7.05 Å². The van der Waals surface area contributed by atoms with Crippen LogP contribution in [0.2, 0.25) is 0 Å². The van der Waals surface area contributed by atoms with Crippen molar-refractivity contribution in [1.82, 2.24) is 20.8 Å². The standard InChI is InChI=1S/C5H8N4O/c1-6-9-5(10)4-2-7-3-8-4/h2-3,6H,1H3,(H,7,8)(H,9,10). The van der Waals surface area contributed by atoms with E-state index in [-0.39, 0.29) is 5.91 Å². The number of aromatic nitrogens is 2. The van der Waals surface area contributed by atoms with E-state index in [0.717, 1.165) is 0 Å². The molecular formula is C5H8N4O. The number of amides is 1. The highest BCUT2D eigenvalue weighted by molar-refractivity contribution is 5.91. The van der Waals surface area contributed by atoms with Gasteiger partial charge in [-0.15, -0.1) is 0 Å². The van der Waals surface area contributed by atoms with Gasteiger partial charge in [-0.2, -0.15) is 0 Å². The molecule has 0 aliphatic heterocycles. The van der Waals surface area contributed by atoms with E-state index in [1.807, 2.05) is 0 Å². The number of hydrazine groups is 1. The zero-order valence-electron chi connectivity index (χ0n) is 5.51. The van der Waals surface area contributed by atoms with E-state index in [4.69, 9.17) is 0 Å². The quantitative estimate of drug-likeness (QED) is 0.474. The fourth-order valence-corrected chi connectivity index (χ4v) is 0.561. The Morgan fingerprint density at radius 3 is 3.10 bits per heavy atom. The Kier molecular flexibility index (Phi) is 2.01. The second-order valence-electron chi connectivity index (χ2n) is 1.67. The first-order valence-electron chi connectivity index (χ1n) is 2.80. The summed E-state index contributed by atoms with van der Waals surface area (Å²) in [7, 11) is 1.62. The normalized spacial score (nSPS) is 9.30. The Labute approximate surface area is 57.8 Å². The molecular weight excluding hydrogens is 132 g/mol. The van der Waals surface area contributed by atoms with Crippen molar-refractivity contribution in [2.24, 2.45) is 0 Å². The lowest BCUT2D eigenvalue weighted by Gasteiger charge is -1.97. The van der Waals surface area contributed by atoms with Crippen LogP contribution < -0.4 is 10.9 Å². The number of imidazole rings is 1. The number of nitrogens with zero attached hydrogens (tertiary/aromatic N) is 1. The molecule has 0 aromatic carbocycles. The molecule has 54 valence electrons. The van der Waals surface area contributed by atoms with Crippen LogP contribution in [0.25, 0.3) is 0 Å². The number of carbonyl (C=O) groups excluding carboxylic acids is 1. The molecule has 0 fully saturated rings. The van der Waals surface area contributed by atoms with E-state index in [1.165, 1.54) is 12.5 Å². The Morgan fingerprint density at radius 2 is 2.60 bits per heavy atom. The highest BCUT2D eigenvalue weighted by Gasteiger charge is 2.02. The second-order valence-corrected chi connectivity index (χ2v) is 1.67. The second kappa shape index (κ2) is 2.98. The van der Waals surface area contributed by atoms with Crippen LogP contribution in [0.5, 0.6) is 0 Å². The summed E-state index contributed by atoms with van der Waals surface area (Å²) in [6, 6.07) is 0. The Bertz CT molecular complexity index is 205. The molecule has 1 rings (SSSR count). The Hall–Kier alpha value is -1.36. The van der Waals surface area contributed by atoms with Gasteiger partial charge in [0.2, 0.25) is 0 Å². The topological polar surface area (TPSA) is 69.8 Å². The lowest BCUT2D eigenvalue weighted by Crippen LogP contribution is -2.34. The molecule has 5 heteroatoms. The minimum atomic E-state index is -0.222. The lowest BCUT2D eigenvalue weighted by atomic mass is 10.5. The van der Waals surface area contributed by atoms with E-state index in [9.17, 15) is 4.79 Å². The third-order valence-corrected chi connectivity index (χ3v) is 0.981. The Balaban J connectivity index is 2.59. The molecule has 10 heavy (non-hydrogen) atoms. The smallest absolute Gasteiger partial charge is 0.283 e. The third kappa shape index (κ3) is 1.32. The fraction of sp³-hybridized carbons (Fsp3) is 0.200. The highest BCUT2D eigenvalue weighted by atomic mass is 16.2. The van der Waals surface area contributed by atoms with Crippen LogP contribution in [-0.2, 0) is 0 Å². The third-order valence-electron chi connectivity index (χ3n) is 0.981. The summed E-state index contributed by atoms with van der Waals surface area (Å²) >= 11 is 0. The molecule has 5 nitrogen and oxygen atoms in total. The number of rotatable bonds is 2. The maximum atomic E-state index is 10.9. The monoisotopic (exact) mass is 140 g/mol. The molecule has 0 unspecified atom stereocenters. The summed E-state index contributed by atoms with van der Waals surface area (Å²) in [6.45, 7) is 0. The van der Waals surface area contributed by atoms with E-state index in [1.54, 1.807) is 7.05 Å². The van der Waals surface area contributed by atoms with Crippen LogP contribution in [0.1, 0.15) is 10.5 Å². The van der Waals surface area contributed by atoms with Gasteiger partial charge in [0.1, 0.15) is 5.69 Å². The van der Waals surface area contributed by atoms with Crippen molar-refractivity contribution in [1.29, 1.82) is 0 Å². The number of hydrogen-bond donors (Lipinski definition) is 3. The molecule has 0 aliphatic rings. The average Bonchev–Trinajstić information content (AvgIpc) is 2.38. The molecule has 0 saturated heterocycles. The SMILES string of the molecule is CNNC(=O)c1cnc[nH]1. The van der Waals surface area contributed by atoms with E-state index in [2.05, 4.69) is 20.8 Å². The highest BCUT2D eigenvalue weighted by Crippen LogP contribution is 1.87. The number of carbonyl (C=O) groups is 1. The molecule has 1 aromatic rings. The lowest BCUT2D eigenvalue weighted by molar-refractivity contribution is 0.0933. The van der Waals surface area contributed by atoms with Gasteiger partial charge in [0.15, 0.2) is 0 Å². The number of hydrogen-bond acceptors (Lipinski definition) is 3. The van der Waals surface area contributed by atoms with Gasteiger partial charge in [0.05, 0.1) is 12.5 Å². The van der Waals surface area contributed by atoms with Crippen molar-refractivity contribution in [3.05, 3.63) is 18.2 Å². The molecule has 0 spiro atoms. The zero-order chi connectivity index (χ0) is 7.40. The number of H-pyrrole nitrogens is 1. The minimum Gasteiger partial charge on any atom is -0.341 e. The van der Waals surface area contributed by atoms with Gasteiger partial charge in [-0.25, -0.2) is 10.4 Å². The van der Waals surface area contributed by atoms with Gasteiger partial charge in [0.25, 0.3) is 5.91 Å². The van der Waals surface area contributed by atoms with Crippen LogP contribution in [0.15, 0.2) is 12.5 Å². The molecule has 0 aliphatic carbocycles. The molecule has 0 radical (unpaired) electrons.